The average molecular weight is 594 g/mol. The van der Waals surface area contributed by atoms with Gasteiger partial charge in [-0.05, 0) is 57.8 Å². The van der Waals surface area contributed by atoms with Crippen LogP contribution in [0.3, 0.4) is 0 Å². The van der Waals surface area contributed by atoms with Gasteiger partial charge in [0.05, 0.1) is 0 Å². The molecular formula is C20H26Br2N12. The number of hydrogen-bond donors (Lipinski definition) is 2. The molecule has 0 aromatic carbocycles. The van der Waals surface area contributed by atoms with Gasteiger partial charge >= 0.3 is 0 Å². The van der Waals surface area contributed by atoms with Crippen LogP contribution in [0, 0.1) is 0 Å². The van der Waals surface area contributed by atoms with Crippen LogP contribution in [-0.2, 0) is 0 Å². The van der Waals surface area contributed by atoms with E-state index in [1.807, 2.05) is 25.1 Å². The van der Waals surface area contributed by atoms with Crippen molar-refractivity contribution in [3.8, 4) is 11.9 Å². The van der Waals surface area contributed by atoms with Crippen molar-refractivity contribution >= 4 is 55.1 Å². The van der Waals surface area contributed by atoms with Crippen molar-refractivity contribution in [1.82, 2.24) is 39.5 Å². The molecule has 0 spiro atoms. The van der Waals surface area contributed by atoms with Gasteiger partial charge in [-0.1, -0.05) is 0 Å². The van der Waals surface area contributed by atoms with Gasteiger partial charge in [-0.15, -0.1) is 0 Å². The van der Waals surface area contributed by atoms with E-state index in [9.17, 15) is 0 Å². The molecule has 0 aliphatic rings. The predicted molar refractivity (Wildman–Crippen MR) is 140 cm³/mol. The van der Waals surface area contributed by atoms with Crippen LogP contribution in [0.4, 0.5) is 23.3 Å². The Labute approximate surface area is 214 Å². The van der Waals surface area contributed by atoms with Crippen molar-refractivity contribution < 1.29 is 0 Å². The topological polar surface area (TPSA) is 146 Å². The van der Waals surface area contributed by atoms with Crippen molar-refractivity contribution in [2.24, 2.45) is 0 Å². The standard InChI is InChI=1S/C11H15BrN6.C9H11BrN6/c1-3-17(4-2)10-8(12)9(13)15-11(16-10)18-7-5-6-14-18;1-15(2)8-6(10)7(11)13-9(14-8)16-5-3-4-12-16/h5-7H,3-4H2,1-2H3,(H2,13,15,16);3-5H,1-2H3,(H2,11,13,14). The first-order valence-electron chi connectivity index (χ1n) is 10.3. The Kier molecular flexibility index (Phi) is 8.39. The van der Waals surface area contributed by atoms with Crippen LogP contribution in [0.15, 0.2) is 45.9 Å². The van der Waals surface area contributed by atoms with Gasteiger partial charge in [-0.3, -0.25) is 0 Å². The van der Waals surface area contributed by atoms with E-state index >= 15 is 0 Å². The molecule has 0 atom stereocenters. The van der Waals surface area contributed by atoms with Gasteiger partial charge in [-0.2, -0.15) is 30.1 Å². The lowest BCUT2D eigenvalue weighted by atomic mass is 10.4. The molecule has 0 aliphatic heterocycles. The zero-order valence-corrected chi connectivity index (χ0v) is 22.4. The molecule has 0 aliphatic carbocycles. The van der Waals surface area contributed by atoms with E-state index in [1.165, 1.54) is 0 Å². The molecule has 4 aromatic rings. The molecule has 12 nitrogen and oxygen atoms in total. The summed E-state index contributed by atoms with van der Waals surface area (Å²) >= 11 is 6.80. The molecular weight excluding hydrogens is 568 g/mol. The van der Waals surface area contributed by atoms with Gasteiger partial charge in [0.1, 0.15) is 26.4 Å². The van der Waals surface area contributed by atoms with E-state index in [2.05, 4.69) is 80.7 Å². The summed E-state index contributed by atoms with van der Waals surface area (Å²) in [5.74, 6) is 3.25. The van der Waals surface area contributed by atoms with Crippen molar-refractivity contribution in [3.63, 3.8) is 0 Å². The average Bonchev–Trinajstić information content (AvgIpc) is 3.54. The van der Waals surface area contributed by atoms with Crippen molar-refractivity contribution in [3.05, 3.63) is 45.9 Å². The highest BCUT2D eigenvalue weighted by atomic mass is 79.9. The third-order valence-corrected chi connectivity index (χ3v) is 6.12. The van der Waals surface area contributed by atoms with Crippen LogP contribution in [0.25, 0.3) is 11.9 Å². The van der Waals surface area contributed by atoms with Crippen LogP contribution in [0.5, 0.6) is 0 Å². The van der Waals surface area contributed by atoms with Crippen LogP contribution in [0.2, 0.25) is 0 Å². The summed E-state index contributed by atoms with van der Waals surface area (Å²) < 4.78 is 4.57. The Morgan fingerprint density at radius 2 is 1.21 bits per heavy atom. The Bertz CT molecular complexity index is 1210. The van der Waals surface area contributed by atoms with Crippen molar-refractivity contribution in [2.75, 3.05) is 48.5 Å². The van der Waals surface area contributed by atoms with Crippen LogP contribution < -0.4 is 21.3 Å². The monoisotopic (exact) mass is 592 g/mol. The second-order valence-electron chi connectivity index (χ2n) is 7.06. The van der Waals surface area contributed by atoms with Gasteiger partial charge < -0.3 is 21.3 Å². The van der Waals surface area contributed by atoms with Crippen LogP contribution in [-0.4, -0.2) is 66.7 Å². The molecule has 0 saturated heterocycles. The van der Waals surface area contributed by atoms with Gasteiger partial charge in [-0.25, -0.2) is 9.36 Å². The molecule has 0 radical (unpaired) electrons. The lowest BCUT2D eigenvalue weighted by Crippen LogP contribution is -2.24. The summed E-state index contributed by atoms with van der Waals surface area (Å²) in [6.45, 7) is 5.85. The third-order valence-electron chi connectivity index (χ3n) is 4.60. The number of anilines is 4. The number of halogens is 2. The van der Waals surface area contributed by atoms with E-state index < -0.39 is 0 Å². The second-order valence-corrected chi connectivity index (χ2v) is 8.65. The van der Waals surface area contributed by atoms with Crippen LogP contribution in [0.1, 0.15) is 13.8 Å². The quantitative estimate of drug-likeness (QED) is 0.342. The lowest BCUT2D eigenvalue weighted by molar-refractivity contribution is 0.783. The smallest absolute Gasteiger partial charge is 0.254 e. The van der Waals surface area contributed by atoms with Gasteiger partial charge in [0.15, 0.2) is 5.82 Å². The molecule has 0 fully saturated rings. The van der Waals surface area contributed by atoms with E-state index in [-0.39, 0.29) is 0 Å². The molecule has 4 rings (SSSR count). The van der Waals surface area contributed by atoms with Gasteiger partial charge in [0.2, 0.25) is 0 Å². The number of nitrogens with zero attached hydrogens (tertiary/aromatic N) is 10. The Hall–Kier alpha value is -3.26. The van der Waals surface area contributed by atoms with E-state index in [0.29, 0.717) is 28.0 Å². The maximum atomic E-state index is 5.91. The van der Waals surface area contributed by atoms with Crippen LogP contribution >= 0.6 is 31.9 Å². The molecule has 4 N–H and O–H groups in total. The summed E-state index contributed by atoms with van der Waals surface area (Å²) in [5, 5.41) is 8.17. The highest BCUT2D eigenvalue weighted by Gasteiger charge is 2.15. The molecule has 180 valence electrons. The summed E-state index contributed by atoms with van der Waals surface area (Å²) in [6, 6.07) is 3.62. The molecule has 0 unspecified atom stereocenters. The van der Waals surface area contributed by atoms with E-state index in [1.54, 1.807) is 40.2 Å². The normalized spacial score (nSPS) is 10.5. The van der Waals surface area contributed by atoms with Crippen molar-refractivity contribution in [1.29, 1.82) is 0 Å². The maximum Gasteiger partial charge on any atom is 0.254 e. The number of nitrogen functional groups attached to an aromatic ring is 2. The molecule has 0 amide bonds. The zero-order chi connectivity index (χ0) is 24.8. The summed E-state index contributed by atoms with van der Waals surface area (Å²) in [5.41, 5.74) is 11.7. The minimum absolute atomic E-state index is 0.393. The van der Waals surface area contributed by atoms with E-state index in [4.69, 9.17) is 11.5 Å². The molecule has 0 saturated carbocycles. The highest BCUT2D eigenvalue weighted by molar-refractivity contribution is 9.11. The minimum atomic E-state index is 0.393. The fourth-order valence-electron chi connectivity index (χ4n) is 2.89. The summed E-state index contributed by atoms with van der Waals surface area (Å²) in [7, 11) is 3.78. The first-order chi connectivity index (χ1) is 16.3. The molecule has 4 heterocycles. The van der Waals surface area contributed by atoms with E-state index in [0.717, 1.165) is 29.2 Å². The molecule has 34 heavy (non-hydrogen) atoms. The Morgan fingerprint density at radius 1 is 0.765 bits per heavy atom. The third kappa shape index (κ3) is 5.62. The second kappa shape index (κ2) is 11.2. The largest absolute Gasteiger partial charge is 0.383 e. The number of aromatic nitrogens is 8. The minimum Gasteiger partial charge on any atom is -0.383 e. The van der Waals surface area contributed by atoms with Gasteiger partial charge in [0.25, 0.3) is 11.9 Å². The lowest BCUT2D eigenvalue weighted by Gasteiger charge is -2.22. The Balaban J connectivity index is 0.000000192. The fraction of sp³-hybridized carbons (Fsp3) is 0.300. The summed E-state index contributed by atoms with van der Waals surface area (Å²) in [6.07, 6.45) is 6.90. The first kappa shape index (κ1) is 25.4. The van der Waals surface area contributed by atoms with Crippen molar-refractivity contribution in [2.45, 2.75) is 13.8 Å². The van der Waals surface area contributed by atoms with Gasteiger partial charge in [0, 0.05) is 52.0 Å². The number of rotatable bonds is 6. The first-order valence-corrected chi connectivity index (χ1v) is 11.9. The number of nitrogens with two attached hydrogens (primary N) is 2. The fourth-order valence-corrected chi connectivity index (χ4v) is 3.85. The highest BCUT2D eigenvalue weighted by Crippen LogP contribution is 2.29. The zero-order valence-electron chi connectivity index (χ0n) is 19.3. The molecule has 0 bridgehead atoms. The SMILES string of the molecule is CCN(CC)c1nc(-n2cccn2)nc(N)c1Br.CN(C)c1nc(-n2cccn2)nc(N)c1Br. The summed E-state index contributed by atoms with van der Waals surface area (Å²) in [4.78, 5) is 21.2. The predicted octanol–water partition coefficient (Wildman–Crippen LogP) is 2.93. The molecule has 4 aromatic heterocycles. The maximum absolute atomic E-state index is 5.91. The molecule has 14 heteroatoms. The number of hydrogen-bond acceptors (Lipinski definition) is 10. The Morgan fingerprint density at radius 3 is 1.59 bits per heavy atom.